The average molecular weight is 155 g/mol. The van der Waals surface area contributed by atoms with Crippen LogP contribution >= 0.6 is 0 Å². The Morgan fingerprint density at radius 3 is 2.55 bits per heavy atom. The normalized spacial score (nSPS) is 30.5. The summed E-state index contributed by atoms with van der Waals surface area (Å²) in [6.07, 6.45) is 2.54. The second-order valence-corrected chi connectivity index (χ2v) is 3.66. The molecule has 1 spiro atoms. The first-order valence-electron chi connectivity index (χ1n) is 4.58. The van der Waals surface area contributed by atoms with Crippen LogP contribution in [0.15, 0.2) is 0 Å². The SMILES string of the molecule is C1CNCCC2(CNC2)NC1. The lowest BCUT2D eigenvalue weighted by Crippen LogP contribution is -2.69. The zero-order valence-corrected chi connectivity index (χ0v) is 6.95. The maximum Gasteiger partial charge on any atom is 0.0444 e. The van der Waals surface area contributed by atoms with Crippen molar-refractivity contribution >= 4 is 0 Å². The van der Waals surface area contributed by atoms with Gasteiger partial charge < -0.3 is 16.0 Å². The van der Waals surface area contributed by atoms with Gasteiger partial charge in [-0.1, -0.05) is 0 Å². The molecule has 0 aromatic heterocycles. The highest BCUT2D eigenvalue weighted by atomic mass is 15.2. The molecule has 2 heterocycles. The molecule has 0 amide bonds. The van der Waals surface area contributed by atoms with Crippen LogP contribution in [0.25, 0.3) is 0 Å². The van der Waals surface area contributed by atoms with Gasteiger partial charge in [-0.2, -0.15) is 0 Å². The molecule has 3 nitrogen and oxygen atoms in total. The van der Waals surface area contributed by atoms with Gasteiger partial charge in [0.25, 0.3) is 0 Å². The van der Waals surface area contributed by atoms with Crippen LogP contribution in [-0.2, 0) is 0 Å². The summed E-state index contributed by atoms with van der Waals surface area (Å²) < 4.78 is 0. The fourth-order valence-corrected chi connectivity index (χ4v) is 1.84. The third-order valence-electron chi connectivity index (χ3n) is 2.74. The van der Waals surface area contributed by atoms with Gasteiger partial charge >= 0.3 is 0 Å². The van der Waals surface area contributed by atoms with Crippen LogP contribution in [0, 0.1) is 0 Å². The Kier molecular flexibility index (Phi) is 2.11. The van der Waals surface area contributed by atoms with Gasteiger partial charge in [0, 0.05) is 18.6 Å². The Labute approximate surface area is 67.9 Å². The van der Waals surface area contributed by atoms with Crippen molar-refractivity contribution in [3.8, 4) is 0 Å². The lowest BCUT2D eigenvalue weighted by molar-refractivity contribution is 0.190. The maximum atomic E-state index is 3.63. The van der Waals surface area contributed by atoms with Crippen LogP contribution in [0.3, 0.4) is 0 Å². The summed E-state index contributed by atoms with van der Waals surface area (Å²) in [6.45, 7) is 5.85. The quantitative estimate of drug-likeness (QED) is 0.433. The third kappa shape index (κ3) is 1.55. The molecule has 2 fully saturated rings. The number of hydrogen-bond donors (Lipinski definition) is 3. The summed E-state index contributed by atoms with van der Waals surface area (Å²) >= 11 is 0. The van der Waals surface area contributed by atoms with Gasteiger partial charge in [0.15, 0.2) is 0 Å². The Balaban J connectivity index is 1.86. The van der Waals surface area contributed by atoms with E-state index >= 15 is 0 Å². The van der Waals surface area contributed by atoms with Crippen molar-refractivity contribution < 1.29 is 0 Å². The predicted octanol–water partition coefficient (Wildman–Crippen LogP) is -0.699. The van der Waals surface area contributed by atoms with Gasteiger partial charge in [-0.05, 0) is 32.5 Å². The highest BCUT2D eigenvalue weighted by molar-refractivity contribution is 5.01. The molecule has 0 aliphatic carbocycles. The van der Waals surface area contributed by atoms with Gasteiger partial charge in [0.2, 0.25) is 0 Å². The molecule has 64 valence electrons. The van der Waals surface area contributed by atoms with E-state index in [1.54, 1.807) is 0 Å². The second kappa shape index (κ2) is 3.09. The largest absolute Gasteiger partial charge is 0.317 e. The molecule has 0 unspecified atom stereocenters. The highest BCUT2D eigenvalue weighted by Crippen LogP contribution is 2.15. The fraction of sp³-hybridized carbons (Fsp3) is 1.00. The van der Waals surface area contributed by atoms with Crippen LogP contribution < -0.4 is 16.0 Å². The number of rotatable bonds is 0. The molecule has 2 aliphatic heterocycles. The van der Waals surface area contributed by atoms with E-state index in [1.807, 2.05) is 0 Å². The van der Waals surface area contributed by atoms with E-state index in [9.17, 15) is 0 Å². The monoisotopic (exact) mass is 155 g/mol. The van der Waals surface area contributed by atoms with E-state index in [0.29, 0.717) is 5.54 Å². The fourth-order valence-electron chi connectivity index (χ4n) is 1.84. The summed E-state index contributed by atoms with van der Waals surface area (Å²) in [4.78, 5) is 0. The Morgan fingerprint density at radius 2 is 1.82 bits per heavy atom. The molecule has 0 aromatic carbocycles. The number of nitrogens with one attached hydrogen (secondary N) is 3. The molecule has 0 bridgehead atoms. The smallest absolute Gasteiger partial charge is 0.0444 e. The summed E-state index contributed by atoms with van der Waals surface area (Å²) in [7, 11) is 0. The van der Waals surface area contributed by atoms with E-state index in [-0.39, 0.29) is 0 Å². The van der Waals surface area contributed by atoms with Crippen LogP contribution in [0.4, 0.5) is 0 Å². The molecule has 2 rings (SSSR count). The Bertz CT molecular complexity index is 121. The second-order valence-electron chi connectivity index (χ2n) is 3.66. The first-order valence-corrected chi connectivity index (χ1v) is 4.58. The van der Waals surface area contributed by atoms with Crippen molar-refractivity contribution in [1.29, 1.82) is 0 Å². The van der Waals surface area contributed by atoms with Crippen molar-refractivity contribution in [2.75, 3.05) is 32.7 Å². The maximum absolute atomic E-state index is 3.63. The van der Waals surface area contributed by atoms with Crippen LogP contribution in [-0.4, -0.2) is 38.3 Å². The van der Waals surface area contributed by atoms with Gasteiger partial charge in [0.1, 0.15) is 0 Å². The lowest BCUT2D eigenvalue weighted by atomic mass is 9.88. The minimum atomic E-state index is 0.452. The molecule has 11 heavy (non-hydrogen) atoms. The van der Waals surface area contributed by atoms with E-state index in [0.717, 1.165) is 13.1 Å². The van der Waals surface area contributed by atoms with Crippen molar-refractivity contribution in [1.82, 2.24) is 16.0 Å². The molecule has 0 radical (unpaired) electrons. The Morgan fingerprint density at radius 1 is 0.909 bits per heavy atom. The van der Waals surface area contributed by atoms with Crippen molar-refractivity contribution in [3.63, 3.8) is 0 Å². The molecule has 0 aromatic rings. The van der Waals surface area contributed by atoms with E-state index in [2.05, 4.69) is 16.0 Å². The minimum absolute atomic E-state index is 0.452. The third-order valence-corrected chi connectivity index (χ3v) is 2.74. The lowest BCUT2D eigenvalue weighted by Gasteiger charge is -2.44. The van der Waals surface area contributed by atoms with Crippen molar-refractivity contribution in [2.24, 2.45) is 0 Å². The zero-order valence-electron chi connectivity index (χ0n) is 6.95. The van der Waals surface area contributed by atoms with Crippen molar-refractivity contribution in [2.45, 2.75) is 18.4 Å². The summed E-state index contributed by atoms with van der Waals surface area (Å²) in [5.41, 5.74) is 0.452. The van der Waals surface area contributed by atoms with Crippen LogP contribution in [0.5, 0.6) is 0 Å². The molecule has 0 saturated carbocycles. The minimum Gasteiger partial charge on any atom is -0.317 e. The van der Waals surface area contributed by atoms with Gasteiger partial charge in [0.05, 0.1) is 0 Å². The topological polar surface area (TPSA) is 36.1 Å². The van der Waals surface area contributed by atoms with E-state index < -0.39 is 0 Å². The number of hydrogen-bond acceptors (Lipinski definition) is 3. The van der Waals surface area contributed by atoms with Gasteiger partial charge in [-0.25, -0.2) is 0 Å². The highest BCUT2D eigenvalue weighted by Gasteiger charge is 2.35. The van der Waals surface area contributed by atoms with Crippen molar-refractivity contribution in [3.05, 3.63) is 0 Å². The standard InChI is InChI=1S/C8H17N3/c1-3-9-5-2-8(11-4-1)6-10-7-8/h9-11H,1-7H2. The first kappa shape index (κ1) is 7.53. The summed E-state index contributed by atoms with van der Waals surface area (Å²) in [6, 6.07) is 0. The predicted molar refractivity (Wildman–Crippen MR) is 45.7 cm³/mol. The molecule has 0 atom stereocenters. The van der Waals surface area contributed by atoms with Crippen LogP contribution in [0.2, 0.25) is 0 Å². The molecule has 3 heteroatoms. The molecule has 2 saturated heterocycles. The zero-order chi connectivity index (χ0) is 7.57. The average Bonchev–Trinajstić information content (AvgIpc) is 1.82. The molecule has 2 aliphatic rings. The van der Waals surface area contributed by atoms with E-state index in [1.165, 1.54) is 32.5 Å². The first-order chi connectivity index (χ1) is 5.41. The van der Waals surface area contributed by atoms with Gasteiger partial charge in [-0.15, -0.1) is 0 Å². The molecular weight excluding hydrogens is 138 g/mol. The Hall–Kier alpha value is -0.120. The summed E-state index contributed by atoms with van der Waals surface area (Å²) in [5.74, 6) is 0. The van der Waals surface area contributed by atoms with Gasteiger partial charge in [-0.3, -0.25) is 0 Å². The molecular formula is C8H17N3. The van der Waals surface area contributed by atoms with Crippen LogP contribution in [0.1, 0.15) is 12.8 Å². The van der Waals surface area contributed by atoms with E-state index in [4.69, 9.17) is 0 Å². The summed E-state index contributed by atoms with van der Waals surface area (Å²) in [5, 5.41) is 10.4. The molecule has 3 N–H and O–H groups in total.